The summed E-state index contributed by atoms with van der Waals surface area (Å²) in [6, 6.07) is 9.40. The van der Waals surface area contributed by atoms with Crippen LogP contribution in [0.4, 0.5) is 15.8 Å². The normalized spacial score (nSPS) is 16.1. The molecule has 1 aliphatic carbocycles. The van der Waals surface area contributed by atoms with E-state index in [9.17, 15) is 12.8 Å². The molecule has 0 aromatic heterocycles. The molecule has 0 saturated heterocycles. The van der Waals surface area contributed by atoms with Crippen LogP contribution < -0.4 is 24.4 Å². The predicted octanol–water partition coefficient (Wildman–Crippen LogP) is 2.59. The van der Waals surface area contributed by atoms with Gasteiger partial charge in [-0.2, -0.15) is 0 Å². The highest BCUT2D eigenvalue weighted by Gasteiger charge is 2.24. The van der Waals surface area contributed by atoms with Gasteiger partial charge in [0.25, 0.3) is 10.0 Å². The SMILES string of the molecule is COc1ccc(S(=O)(=O)Nc2ccc3c(c2)OCCN3CCNC2CC2)c(F)c1. The maximum Gasteiger partial charge on any atom is 0.264 e. The van der Waals surface area contributed by atoms with Gasteiger partial charge in [-0.3, -0.25) is 4.72 Å². The van der Waals surface area contributed by atoms with E-state index in [0.717, 1.165) is 31.4 Å². The van der Waals surface area contributed by atoms with E-state index >= 15 is 0 Å². The van der Waals surface area contributed by atoms with E-state index in [1.807, 2.05) is 6.07 Å². The van der Waals surface area contributed by atoms with E-state index in [4.69, 9.17) is 9.47 Å². The van der Waals surface area contributed by atoms with Crippen LogP contribution in [0, 0.1) is 5.82 Å². The van der Waals surface area contributed by atoms with E-state index in [1.54, 1.807) is 12.1 Å². The van der Waals surface area contributed by atoms with E-state index < -0.39 is 20.7 Å². The van der Waals surface area contributed by atoms with Crippen molar-refractivity contribution < 1.29 is 22.3 Å². The fourth-order valence-electron chi connectivity index (χ4n) is 3.30. The molecule has 2 aromatic carbocycles. The number of methoxy groups -OCH3 is 1. The van der Waals surface area contributed by atoms with Crippen LogP contribution >= 0.6 is 0 Å². The Hall–Kier alpha value is -2.52. The van der Waals surface area contributed by atoms with Crippen molar-refractivity contribution >= 4 is 21.4 Å². The van der Waals surface area contributed by atoms with Gasteiger partial charge >= 0.3 is 0 Å². The number of hydrogen-bond donors (Lipinski definition) is 2. The smallest absolute Gasteiger partial charge is 0.264 e. The number of ether oxygens (including phenoxy) is 2. The highest BCUT2D eigenvalue weighted by molar-refractivity contribution is 7.92. The molecule has 29 heavy (non-hydrogen) atoms. The molecule has 0 amide bonds. The minimum Gasteiger partial charge on any atom is -0.497 e. The van der Waals surface area contributed by atoms with Crippen LogP contribution in [0.2, 0.25) is 0 Å². The number of hydrogen-bond acceptors (Lipinski definition) is 6. The molecule has 2 aromatic rings. The lowest BCUT2D eigenvalue weighted by molar-refractivity contribution is 0.307. The summed E-state index contributed by atoms with van der Waals surface area (Å²) < 4.78 is 52.5. The Morgan fingerprint density at radius 1 is 1.24 bits per heavy atom. The number of nitrogens with one attached hydrogen (secondary N) is 2. The third-order valence-corrected chi connectivity index (χ3v) is 6.41. The van der Waals surface area contributed by atoms with Crippen molar-refractivity contribution in [1.29, 1.82) is 0 Å². The molecule has 0 unspecified atom stereocenters. The quantitative estimate of drug-likeness (QED) is 0.682. The van der Waals surface area contributed by atoms with Gasteiger partial charge in [-0.1, -0.05) is 0 Å². The summed E-state index contributed by atoms with van der Waals surface area (Å²) in [6.45, 7) is 3.06. The van der Waals surface area contributed by atoms with Gasteiger partial charge < -0.3 is 19.7 Å². The third-order valence-electron chi connectivity index (χ3n) is 4.99. The molecule has 9 heteroatoms. The van der Waals surface area contributed by atoms with Crippen LogP contribution in [0.3, 0.4) is 0 Å². The monoisotopic (exact) mass is 421 g/mol. The van der Waals surface area contributed by atoms with E-state index in [1.165, 1.54) is 32.1 Å². The average Bonchev–Trinajstić information content (AvgIpc) is 3.51. The Morgan fingerprint density at radius 2 is 2.07 bits per heavy atom. The molecule has 1 heterocycles. The van der Waals surface area contributed by atoms with Gasteiger partial charge in [0.2, 0.25) is 0 Å². The maximum absolute atomic E-state index is 14.2. The average molecular weight is 421 g/mol. The number of nitrogens with zero attached hydrogens (tertiary/aromatic N) is 1. The van der Waals surface area contributed by atoms with Crippen molar-refractivity contribution in [2.24, 2.45) is 0 Å². The second-order valence-corrected chi connectivity index (χ2v) is 8.80. The number of rotatable bonds is 8. The highest BCUT2D eigenvalue weighted by atomic mass is 32.2. The van der Waals surface area contributed by atoms with Crippen LogP contribution in [-0.4, -0.2) is 47.8 Å². The summed E-state index contributed by atoms with van der Waals surface area (Å²) in [6.07, 6.45) is 2.50. The van der Waals surface area contributed by atoms with Gasteiger partial charge in [-0.25, -0.2) is 12.8 Å². The third kappa shape index (κ3) is 4.56. The molecular weight excluding hydrogens is 397 g/mol. The van der Waals surface area contributed by atoms with Crippen molar-refractivity contribution in [1.82, 2.24) is 5.32 Å². The maximum atomic E-state index is 14.2. The van der Waals surface area contributed by atoms with E-state index in [2.05, 4.69) is 14.9 Å². The predicted molar refractivity (Wildman–Crippen MR) is 109 cm³/mol. The molecule has 2 aliphatic rings. The molecule has 0 spiro atoms. The molecule has 1 aliphatic heterocycles. The molecule has 0 atom stereocenters. The standard InChI is InChI=1S/C20H24FN3O4S/c1-27-16-5-7-20(17(21)13-16)29(25,26)23-15-4-6-18-19(12-15)28-11-10-24(18)9-8-22-14-2-3-14/h4-7,12-14,22-23H,2-3,8-11H2,1H3. The summed E-state index contributed by atoms with van der Waals surface area (Å²) in [4.78, 5) is 1.78. The van der Waals surface area contributed by atoms with Gasteiger partial charge in [0.1, 0.15) is 28.8 Å². The van der Waals surface area contributed by atoms with Gasteiger partial charge in [0.15, 0.2) is 0 Å². The molecule has 1 saturated carbocycles. The molecule has 0 bridgehead atoms. The molecular formula is C20H24FN3O4S. The number of halogens is 1. The second-order valence-electron chi connectivity index (χ2n) is 7.15. The number of benzene rings is 2. The topological polar surface area (TPSA) is 79.9 Å². The van der Waals surface area contributed by atoms with Crippen molar-refractivity contribution in [2.75, 3.05) is 43.0 Å². The fraction of sp³-hybridized carbons (Fsp3) is 0.400. The van der Waals surface area contributed by atoms with Crippen molar-refractivity contribution in [2.45, 2.75) is 23.8 Å². The van der Waals surface area contributed by atoms with Gasteiger partial charge in [-0.05, 0) is 37.1 Å². The minimum absolute atomic E-state index is 0.250. The first-order valence-electron chi connectivity index (χ1n) is 9.58. The van der Waals surface area contributed by atoms with Gasteiger partial charge in [0.05, 0.1) is 25.0 Å². The molecule has 7 nitrogen and oxygen atoms in total. The lowest BCUT2D eigenvalue weighted by Crippen LogP contribution is -2.38. The number of fused-ring (bicyclic) bond motifs is 1. The zero-order chi connectivity index (χ0) is 20.4. The first-order chi connectivity index (χ1) is 14.0. The van der Waals surface area contributed by atoms with Crippen LogP contribution in [-0.2, 0) is 10.0 Å². The number of sulfonamides is 1. The Kier molecular flexibility index (Phi) is 5.51. The van der Waals surface area contributed by atoms with Gasteiger partial charge in [-0.15, -0.1) is 0 Å². The first kappa shape index (κ1) is 19.8. The zero-order valence-electron chi connectivity index (χ0n) is 16.2. The summed E-state index contributed by atoms with van der Waals surface area (Å²) >= 11 is 0. The molecule has 0 radical (unpaired) electrons. The second kappa shape index (κ2) is 8.08. The van der Waals surface area contributed by atoms with Crippen LogP contribution in [0.1, 0.15) is 12.8 Å². The molecule has 4 rings (SSSR count). The molecule has 1 fully saturated rings. The van der Waals surface area contributed by atoms with Crippen molar-refractivity contribution in [3.63, 3.8) is 0 Å². The highest BCUT2D eigenvalue weighted by Crippen LogP contribution is 2.35. The first-order valence-corrected chi connectivity index (χ1v) is 11.1. The molecule has 2 N–H and O–H groups in total. The van der Waals surface area contributed by atoms with Gasteiger partial charge in [0, 0.05) is 31.3 Å². The van der Waals surface area contributed by atoms with Crippen LogP contribution in [0.5, 0.6) is 11.5 Å². The molecule has 156 valence electrons. The Labute approximate surface area is 169 Å². The summed E-state index contributed by atoms with van der Waals surface area (Å²) in [5, 5.41) is 3.49. The Morgan fingerprint density at radius 3 is 2.79 bits per heavy atom. The zero-order valence-corrected chi connectivity index (χ0v) is 17.0. The van der Waals surface area contributed by atoms with Crippen LogP contribution in [0.15, 0.2) is 41.3 Å². The lowest BCUT2D eigenvalue weighted by atomic mass is 10.2. The van der Waals surface area contributed by atoms with Crippen molar-refractivity contribution in [3.8, 4) is 11.5 Å². The Bertz CT molecular complexity index is 995. The van der Waals surface area contributed by atoms with Crippen molar-refractivity contribution in [3.05, 3.63) is 42.2 Å². The summed E-state index contributed by atoms with van der Waals surface area (Å²) in [7, 11) is -2.70. The minimum atomic E-state index is -4.09. The lowest BCUT2D eigenvalue weighted by Gasteiger charge is -2.31. The summed E-state index contributed by atoms with van der Waals surface area (Å²) in [5.41, 5.74) is 1.24. The number of anilines is 2. The summed E-state index contributed by atoms with van der Waals surface area (Å²) in [5.74, 6) is -0.0154. The largest absolute Gasteiger partial charge is 0.497 e. The fourth-order valence-corrected chi connectivity index (χ4v) is 4.41. The Balaban J connectivity index is 1.49. The van der Waals surface area contributed by atoms with E-state index in [-0.39, 0.29) is 5.75 Å². The van der Waals surface area contributed by atoms with Crippen LogP contribution in [0.25, 0.3) is 0 Å². The van der Waals surface area contributed by atoms with E-state index in [0.29, 0.717) is 24.1 Å².